The lowest BCUT2D eigenvalue weighted by Gasteiger charge is -2.17. The number of nitrogens with zero attached hydrogens (tertiary/aromatic N) is 4. The Balaban J connectivity index is 0.000000440. The third kappa shape index (κ3) is 9.28. The molecule has 2 N–H and O–H groups in total. The van der Waals surface area contributed by atoms with Gasteiger partial charge < -0.3 is 28.8 Å². The number of hydrogen-bond acceptors (Lipinski definition) is 9. The van der Waals surface area contributed by atoms with Gasteiger partial charge in [0.25, 0.3) is 0 Å². The van der Waals surface area contributed by atoms with Crippen LogP contribution in [0.15, 0.2) is 89.5 Å². The average Bonchev–Trinajstić information content (AvgIpc) is 3.34. The summed E-state index contributed by atoms with van der Waals surface area (Å²) >= 11 is 0. The first-order chi connectivity index (χ1) is 21.6. The number of fused-ring (bicyclic) bond motifs is 1. The molecule has 0 fully saturated rings. The van der Waals surface area contributed by atoms with E-state index in [1.54, 1.807) is 74.0 Å². The van der Waals surface area contributed by atoms with Gasteiger partial charge in [-0.05, 0) is 68.9 Å². The number of aromatic nitrogens is 2. The highest BCUT2D eigenvalue weighted by Gasteiger charge is 2.15. The number of anilines is 2. The molecule has 2 aromatic heterocycles. The van der Waals surface area contributed by atoms with Gasteiger partial charge in [-0.3, -0.25) is 5.32 Å². The smallest absolute Gasteiger partial charge is 0.417 e. The molecule has 0 unspecified atom stereocenters. The van der Waals surface area contributed by atoms with Gasteiger partial charge >= 0.3 is 12.1 Å². The maximum atomic E-state index is 12.4. The number of carboxylic acids is 1. The molecule has 11 heteroatoms. The number of carbonyl (C=O) groups is 2. The molecule has 45 heavy (non-hydrogen) atoms. The van der Waals surface area contributed by atoms with Gasteiger partial charge in [-0.15, -0.1) is 0 Å². The van der Waals surface area contributed by atoms with Crippen molar-refractivity contribution in [3.63, 3.8) is 0 Å². The number of methoxy groups -OCH3 is 1. The summed E-state index contributed by atoms with van der Waals surface area (Å²) in [4.78, 5) is 26.9. The number of hydrogen-bond donors (Lipinski definition) is 2. The van der Waals surface area contributed by atoms with Crippen molar-refractivity contribution in [3.8, 4) is 11.5 Å². The topological polar surface area (TPSA) is 130 Å². The molecule has 2 heterocycles. The predicted molar refractivity (Wildman–Crippen MR) is 173 cm³/mol. The van der Waals surface area contributed by atoms with E-state index in [1.807, 2.05) is 44.1 Å². The number of amides is 1. The SMILES string of the molecule is COc1cccc(OC(=O)Nc2ccc3oc(C)c(CCN(C)Cc4cc(N(C)C)cnn4)c3c2)c1.O=C(O)c1ccccc1. The molecule has 0 aliphatic heterocycles. The molecule has 5 aromatic rings. The number of furan rings is 1. The van der Waals surface area contributed by atoms with E-state index in [2.05, 4.69) is 27.5 Å². The molecule has 1 amide bonds. The molecule has 0 aliphatic carbocycles. The molecule has 11 nitrogen and oxygen atoms in total. The minimum absolute atomic E-state index is 0.331. The number of likely N-dealkylation sites (N-methyl/N-ethyl adjacent to an activating group) is 1. The highest BCUT2D eigenvalue weighted by molar-refractivity contribution is 5.92. The Bertz CT molecular complexity index is 1740. The van der Waals surface area contributed by atoms with Crippen molar-refractivity contribution in [2.24, 2.45) is 0 Å². The normalized spacial score (nSPS) is 10.6. The number of carboxylic acid groups (broad SMARTS) is 1. The minimum atomic E-state index is -0.879. The fraction of sp³-hybridized carbons (Fsp3) is 0.235. The van der Waals surface area contributed by atoms with E-state index in [4.69, 9.17) is 19.0 Å². The van der Waals surface area contributed by atoms with Gasteiger partial charge in [0.05, 0.1) is 30.3 Å². The molecule has 0 aliphatic rings. The van der Waals surface area contributed by atoms with Crippen molar-refractivity contribution < 1.29 is 28.6 Å². The Kier molecular flexibility index (Phi) is 11.1. The van der Waals surface area contributed by atoms with Crippen LogP contribution in [0.2, 0.25) is 0 Å². The standard InChI is InChI=1S/C27H31N5O4.C7H6O2/c1-18-24(11-12-32(4)17-20-13-21(31(2)3)16-28-30-20)25-14-19(9-10-26(25)35-18)29-27(33)36-23-8-6-7-22(15-23)34-5;8-7(9)6-4-2-1-3-5-6/h6-10,13-16H,11-12,17H2,1-5H3,(H,29,33);1-5H,(H,8,9). The molecule has 0 atom stereocenters. The van der Waals surface area contributed by atoms with Gasteiger partial charge in [0.1, 0.15) is 22.8 Å². The van der Waals surface area contributed by atoms with Gasteiger partial charge in [0.2, 0.25) is 0 Å². The van der Waals surface area contributed by atoms with E-state index in [0.29, 0.717) is 29.3 Å². The number of benzene rings is 3. The minimum Gasteiger partial charge on any atom is -0.497 e. The number of carbonyl (C=O) groups excluding carboxylic acids is 1. The van der Waals surface area contributed by atoms with Crippen molar-refractivity contribution in [2.75, 3.05) is 45.0 Å². The largest absolute Gasteiger partial charge is 0.497 e. The first-order valence-electron chi connectivity index (χ1n) is 14.2. The Morgan fingerprint density at radius 2 is 1.71 bits per heavy atom. The van der Waals surface area contributed by atoms with Crippen LogP contribution in [0.5, 0.6) is 11.5 Å². The summed E-state index contributed by atoms with van der Waals surface area (Å²) in [7, 11) is 7.59. The highest BCUT2D eigenvalue weighted by Crippen LogP contribution is 2.29. The first kappa shape index (κ1) is 32.5. The number of rotatable bonds is 10. The van der Waals surface area contributed by atoms with Crippen LogP contribution in [0.1, 0.15) is 27.4 Å². The van der Waals surface area contributed by atoms with Gasteiger partial charge in [0, 0.05) is 49.9 Å². The molecule has 0 saturated heterocycles. The molecule has 0 saturated carbocycles. The third-order valence-corrected chi connectivity index (χ3v) is 6.89. The van der Waals surface area contributed by atoms with Gasteiger partial charge in [0.15, 0.2) is 0 Å². The Morgan fingerprint density at radius 3 is 2.40 bits per heavy atom. The van der Waals surface area contributed by atoms with Crippen molar-refractivity contribution in [2.45, 2.75) is 19.9 Å². The van der Waals surface area contributed by atoms with E-state index in [9.17, 15) is 9.59 Å². The van der Waals surface area contributed by atoms with Crippen LogP contribution >= 0.6 is 0 Å². The van der Waals surface area contributed by atoms with Crippen LogP contribution in [0, 0.1) is 6.92 Å². The lowest BCUT2D eigenvalue weighted by atomic mass is 10.1. The van der Waals surface area contributed by atoms with Crippen molar-refractivity contribution in [1.82, 2.24) is 15.1 Å². The summed E-state index contributed by atoms with van der Waals surface area (Å²) in [5.74, 6) is 0.999. The summed E-state index contributed by atoms with van der Waals surface area (Å²) in [6, 6.07) is 22.8. The van der Waals surface area contributed by atoms with Crippen LogP contribution < -0.4 is 19.7 Å². The number of aryl methyl sites for hydroxylation is 1. The van der Waals surface area contributed by atoms with E-state index in [1.165, 1.54) is 0 Å². The van der Waals surface area contributed by atoms with Crippen molar-refractivity contribution in [1.29, 1.82) is 0 Å². The predicted octanol–water partition coefficient (Wildman–Crippen LogP) is 6.28. The van der Waals surface area contributed by atoms with Crippen LogP contribution in [0.3, 0.4) is 0 Å². The van der Waals surface area contributed by atoms with Crippen LogP contribution in [-0.4, -0.2) is 67.1 Å². The first-order valence-corrected chi connectivity index (χ1v) is 14.2. The monoisotopic (exact) mass is 611 g/mol. The van der Waals surface area contributed by atoms with Gasteiger partial charge in [-0.1, -0.05) is 24.3 Å². The Hall–Kier alpha value is -5.42. The zero-order valence-corrected chi connectivity index (χ0v) is 26.0. The summed E-state index contributed by atoms with van der Waals surface area (Å²) in [6.07, 6.45) is 1.96. The Morgan fingerprint density at radius 1 is 0.956 bits per heavy atom. The summed E-state index contributed by atoms with van der Waals surface area (Å²) in [5, 5.41) is 20.5. The second-order valence-corrected chi connectivity index (χ2v) is 10.5. The lowest BCUT2D eigenvalue weighted by Crippen LogP contribution is -2.22. The Labute approximate surface area is 262 Å². The summed E-state index contributed by atoms with van der Waals surface area (Å²) in [6.45, 7) is 3.46. The number of ether oxygens (including phenoxy) is 2. The number of aromatic carboxylic acids is 1. The molecule has 0 bridgehead atoms. The zero-order chi connectivity index (χ0) is 32.3. The maximum Gasteiger partial charge on any atom is 0.417 e. The average molecular weight is 612 g/mol. The zero-order valence-electron chi connectivity index (χ0n) is 26.0. The molecular weight excluding hydrogens is 574 g/mol. The molecule has 0 spiro atoms. The van der Waals surface area contributed by atoms with Crippen molar-refractivity contribution >= 4 is 34.4 Å². The lowest BCUT2D eigenvalue weighted by molar-refractivity contribution is 0.0696. The molecule has 3 aromatic carbocycles. The fourth-order valence-corrected chi connectivity index (χ4v) is 4.53. The number of nitrogens with one attached hydrogen (secondary N) is 1. The van der Waals surface area contributed by atoms with E-state index in [0.717, 1.165) is 46.6 Å². The molecule has 0 radical (unpaired) electrons. The van der Waals surface area contributed by atoms with Crippen LogP contribution in [0.25, 0.3) is 11.0 Å². The third-order valence-electron chi connectivity index (χ3n) is 6.89. The summed E-state index contributed by atoms with van der Waals surface area (Å²) in [5.41, 5.74) is 4.78. The van der Waals surface area contributed by atoms with Crippen LogP contribution in [-0.2, 0) is 13.0 Å². The van der Waals surface area contributed by atoms with E-state index < -0.39 is 12.1 Å². The van der Waals surface area contributed by atoms with E-state index in [-0.39, 0.29) is 0 Å². The van der Waals surface area contributed by atoms with Crippen molar-refractivity contribution in [3.05, 3.63) is 108 Å². The highest BCUT2D eigenvalue weighted by atomic mass is 16.6. The fourth-order valence-electron chi connectivity index (χ4n) is 4.53. The summed E-state index contributed by atoms with van der Waals surface area (Å²) < 4.78 is 16.5. The van der Waals surface area contributed by atoms with Crippen LogP contribution in [0.4, 0.5) is 16.2 Å². The molecule has 5 rings (SSSR count). The second kappa shape index (κ2) is 15.3. The second-order valence-electron chi connectivity index (χ2n) is 10.5. The molecule has 234 valence electrons. The van der Waals surface area contributed by atoms with Gasteiger partial charge in [-0.25, -0.2) is 9.59 Å². The van der Waals surface area contributed by atoms with Gasteiger partial charge in [-0.2, -0.15) is 10.2 Å². The van der Waals surface area contributed by atoms with E-state index >= 15 is 0 Å². The quantitative estimate of drug-likeness (QED) is 0.186. The maximum absolute atomic E-state index is 12.4. The molecular formula is C34H37N5O6.